The van der Waals surface area contributed by atoms with Crippen LogP contribution in [0.25, 0.3) is 0 Å². The molecule has 0 bridgehead atoms. The Morgan fingerprint density at radius 1 is 1.07 bits per heavy atom. The Labute approximate surface area is 180 Å². The van der Waals surface area contributed by atoms with E-state index in [9.17, 15) is 9.59 Å². The zero-order valence-corrected chi connectivity index (χ0v) is 18.1. The zero-order chi connectivity index (χ0) is 21.4. The van der Waals surface area contributed by atoms with E-state index in [0.29, 0.717) is 33.7 Å². The van der Waals surface area contributed by atoms with Crippen LogP contribution in [0.5, 0.6) is 11.5 Å². The number of nitrogens with one attached hydrogen (secondary N) is 1. The Hall–Kier alpha value is -2.44. The molecule has 0 aliphatic heterocycles. The average molecular weight is 439 g/mol. The van der Waals surface area contributed by atoms with Crippen molar-refractivity contribution in [2.75, 3.05) is 20.3 Å². The molecule has 0 aliphatic rings. The van der Waals surface area contributed by atoms with Gasteiger partial charge in [-0.25, -0.2) is 0 Å². The number of nitrogens with zero attached hydrogens (tertiary/aromatic N) is 1. The molecule has 0 saturated carbocycles. The van der Waals surface area contributed by atoms with Crippen LogP contribution in [0.2, 0.25) is 10.0 Å². The Bertz CT molecular complexity index is 823. The number of rotatable bonds is 9. The second-order valence-electron chi connectivity index (χ2n) is 6.26. The molecule has 29 heavy (non-hydrogen) atoms. The lowest BCUT2D eigenvalue weighted by molar-refractivity contribution is -0.142. The predicted molar refractivity (Wildman–Crippen MR) is 114 cm³/mol. The van der Waals surface area contributed by atoms with Gasteiger partial charge in [-0.15, -0.1) is 0 Å². The van der Waals surface area contributed by atoms with Gasteiger partial charge < -0.3 is 19.7 Å². The molecule has 8 heteroatoms. The third-order valence-electron chi connectivity index (χ3n) is 4.33. The van der Waals surface area contributed by atoms with E-state index in [1.165, 1.54) is 4.90 Å². The average Bonchev–Trinajstić information content (AvgIpc) is 2.72. The van der Waals surface area contributed by atoms with E-state index in [2.05, 4.69) is 5.32 Å². The molecule has 2 aromatic carbocycles. The first-order valence-electron chi connectivity index (χ1n) is 9.14. The second kappa shape index (κ2) is 10.9. The molecule has 0 spiro atoms. The van der Waals surface area contributed by atoms with Gasteiger partial charge in [0.2, 0.25) is 5.91 Å². The molecule has 0 radical (unpaired) electrons. The monoisotopic (exact) mass is 438 g/mol. The van der Waals surface area contributed by atoms with Gasteiger partial charge in [0.05, 0.1) is 7.11 Å². The quantitative estimate of drug-likeness (QED) is 0.643. The summed E-state index contributed by atoms with van der Waals surface area (Å²) in [6.45, 7) is 3.77. The predicted octanol–water partition coefficient (Wildman–Crippen LogP) is 3.93. The van der Waals surface area contributed by atoms with Crippen molar-refractivity contribution in [3.8, 4) is 11.5 Å². The standard InChI is InChI=1S/C21H24Cl2N2O4/c1-4-24-21(27)14(2)25(12-17-18(22)6-5-7-19(17)23)20(26)13-29-16-10-8-15(28-3)9-11-16/h5-11,14H,4,12-13H2,1-3H3,(H,24,27)/t14-/m0/s1. The number of likely N-dealkylation sites (N-methyl/N-ethyl adjacent to an activating group) is 1. The van der Waals surface area contributed by atoms with Gasteiger partial charge >= 0.3 is 0 Å². The fourth-order valence-electron chi connectivity index (χ4n) is 2.66. The summed E-state index contributed by atoms with van der Waals surface area (Å²) in [7, 11) is 1.57. The topological polar surface area (TPSA) is 67.9 Å². The lowest BCUT2D eigenvalue weighted by Gasteiger charge is -2.29. The van der Waals surface area contributed by atoms with Gasteiger partial charge in [-0.1, -0.05) is 29.3 Å². The lowest BCUT2D eigenvalue weighted by atomic mass is 10.1. The molecular formula is C21H24Cl2N2O4. The van der Waals surface area contributed by atoms with E-state index in [1.54, 1.807) is 56.5 Å². The maximum absolute atomic E-state index is 12.9. The Morgan fingerprint density at radius 3 is 2.21 bits per heavy atom. The van der Waals surface area contributed by atoms with Crippen molar-refractivity contribution < 1.29 is 19.1 Å². The number of ether oxygens (including phenoxy) is 2. The van der Waals surface area contributed by atoms with E-state index in [0.717, 1.165) is 0 Å². The van der Waals surface area contributed by atoms with E-state index in [4.69, 9.17) is 32.7 Å². The number of methoxy groups -OCH3 is 1. The molecule has 6 nitrogen and oxygen atoms in total. The number of carbonyl (C=O) groups is 2. The van der Waals surface area contributed by atoms with Gasteiger partial charge in [-0.2, -0.15) is 0 Å². The summed E-state index contributed by atoms with van der Waals surface area (Å²) in [5.74, 6) is 0.563. The fraction of sp³-hybridized carbons (Fsp3) is 0.333. The SMILES string of the molecule is CCNC(=O)[C@H](C)N(Cc1c(Cl)cccc1Cl)C(=O)COc1ccc(OC)cc1. The smallest absolute Gasteiger partial charge is 0.261 e. The number of carbonyl (C=O) groups excluding carboxylic acids is 2. The minimum absolute atomic E-state index is 0.0849. The highest BCUT2D eigenvalue weighted by atomic mass is 35.5. The van der Waals surface area contributed by atoms with Crippen LogP contribution in [0.3, 0.4) is 0 Å². The molecule has 2 rings (SSSR count). The van der Waals surface area contributed by atoms with Crippen molar-refractivity contribution in [1.82, 2.24) is 10.2 Å². The van der Waals surface area contributed by atoms with E-state index in [1.807, 2.05) is 6.92 Å². The molecular weight excluding hydrogens is 415 g/mol. The zero-order valence-electron chi connectivity index (χ0n) is 16.6. The first-order valence-corrected chi connectivity index (χ1v) is 9.89. The number of hydrogen-bond donors (Lipinski definition) is 1. The normalized spacial score (nSPS) is 11.5. The van der Waals surface area contributed by atoms with Crippen LogP contribution in [0.1, 0.15) is 19.4 Å². The van der Waals surface area contributed by atoms with Crippen molar-refractivity contribution in [2.24, 2.45) is 0 Å². The lowest BCUT2D eigenvalue weighted by Crippen LogP contribution is -2.49. The Balaban J connectivity index is 2.18. The van der Waals surface area contributed by atoms with Crippen LogP contribution < -0.4 is 14.8 Å². The number of hydrogen-bond acceptors (Lipinski definition) is 4. The van der Waals surface area contributed by atoms with E-state index in [-0.39, 0.29) is 25.0 Å². The van der Waals surface area contributed by atoms with Gasteiger partial charge in [-0.05, 0) is 50.2 Å². The van der Waals surface area contributed by atoms with Gasteiger partial charge in [0.15, 0.2) is 6.61 Å². The van der Waals surface area contributed by atoms with Crippen LogP contribution in [-0.4, -0.2) is 43.0 Å². The summed E-state index contributed by atoms with van der Waals surface area (Å²) in [4.78, 5) is 26.7. The summed E-state index contributed by atoms with van der Waals surface area (Å²) in [6, 6.07) is 11.3. The van der Waals surface area contributed by atoms with Crippen LogP contribution in [-0.2, 0) is 16.1 Å². The van der Waals surface area contributed by atoms with Crippen molar-refractivity contribution in [2.45, 2.75) is 26.4 Å². The summed E-state index contributed by atoms with van der Waals surface area (Å²) in [5, 5.41) is 3.58. The van der Waals surface area contributed by atoms with Gasteiger partial charge in [0.25, 0.3) is 5.91 Å². The van der Waals surface area contributed by atoms with E-state index >= 15 is 0 Å². The molecule has 2 aromatic rings. The largest absolute Gasteiger partial charge is 0.497 e. The molecule has 1 N–H and O–H groups in total. The molecule has 0 aliphatic carbocycles. The van der Waals surface area contributed by atoms with E-state index < -0.39 is 6.04 Å². The maximum Gasteiger partial charge on any atom is 0.261 e. The summed E-state index contributed by atoms with van der Waals surface area (Å²) < 4.78 is 10.7. The van der Waals surface area contributed by atoms with Gasteiger partial charge in [0.1, 0.15) is 17.5 Å². The molecule has 0 heterocycles. The number of benzene rings is 2. The van der Waals surface area contributed by atoms with Crippen LogP contribution in [0, 0.1) is 0 Å². The first kappa shape index (κ1) is 22.8. The summed E-state index contributed by atoms with van der Waals surface area (Å²) in [5.41, 5.74) is 0.574. The highest BCUT2D eigenvalue weighted by molar-refractivity contribution is 6.36. The minimum atomic E-state index is -0.728. The molecule has 156 valence electrons. The van der Waals surface area contributed by atoms with Crippen LogP contribution in [0.15, 0.2) is 42.5 Å². The Morgan fingerprint density at radius 2 is 1.66 bits per heavy atom. The fourth-order valence-corrected chi connectivity index (χ4v) is 3.18. The third kappa shape index (κ3) is 6.27. The molecule has 0 fully saturated rings. The van der Waals surface area contributed by atoms with Crippen molar-refractivity contribution in [3.63, 3.8) is 0 Å². The maximum atomic E-state index is 12.9. The highest BCUT2D eigenvalue weighted by Crippen LogP contribution is 2.26. The third-order valence-corrected chi connectivity index (χ3v) is 5.04. The van der Waals surface area contributed by atoms with Gasteiger partial charge in [0, 0.05) is 28.7 Å². The van der Waals surface area contributed by atoms with Crippen molar-refractivity contribution in [3.05, 3.63) is 58.1 Å². The first-order chi connectivity index (χ1) is 13.9. The van der Waals surface area contributed by atoms with Crippen molar-refractivity contribution >= 4 is 35.0 Å². The molecule has 1 atom stereocenters. The summed E-state index contributed by atoms with van der Waals surface area (Å²) in [6.07, 6.45) is 0. The van der Waals surface area contributed by atoms with Crippen LogP contribution >= 0.6 is 23.2 Å². The number of amides is 2. The summed E-state index contributed by atoms with van der Waals surface area (Å²) >= 11 is 12.5. The van der Waals surface area contributed by atoms with Crippen LogP contribution in [0.4, 0.5) is 0 Å². The molecule has 2 amide bonds. The second-order valence-corrected chi connectivity index (χ2v) is 7.07. The molecule has 0 saturated heterocycles. The molecule has 0 unspecified atom stereocenters. The van der Waals surface area contributed by atoms with Gasteiger partial charge in [-0.3, -0.25) is 9.59 Å². The number of halogens is 2. The Kier molecular flexibility index (Phi) is 8.61. The van der Waals surface area contributed by atoms with Crippen molar-refractivity contribution in [1.29, 1.82) is 0 Å². The highest BCUT2D eigenvalue weighted by Gasteiger charge is 2.27. The molecule has 0 aromatic heterocycles. The minimum Gasteiger partial charge on any atom is -0.497 e.